The maximum atomic E-state index is 13.0. The molecular weight excluding hydrogens is 358 g/mol. The second-order valence-electron chi connectivity index (χ2n) is 6.85. The molecule has 0 saturated heterocycles. The summed E-state index contributed by atoms with van der Waals surface area (Å²) in [5.74, 6) is 1.51. The Morgan fingerprint density at radius 2 is 2.25 bits per heavy atom. The topological polar surface area (TPSA) is 69.7 Å². The smallest absolute Gasteiger partial charge is 0.244 e. The highest BCUT2D eigenvalue weighted by Gasteiger charge is 2.25. The van der Waals surface area contributed by atoms with E-state index < -0.39 is 0 Å². The molecule has 0 saturated carbocycles. The van der Waals surface area contributed by atoms with Crippen LogP contribution >= 0.6 is 0 Å². The zero-order chi connectivity index (χ0) is 19.5. The summed E-state index contributed by atoms with van der Waals surface area (Å²) in [7, 11) is 1.62. The number of rotatable bonds is 7. The van der Waals surface area contributed by atoms with Crippen LogP contribution < -0.4 is 4.74 Å². The highest BCUT2D eigenvalue weighted by molar-refractivity contribution is 5.78. The summed E-state index contributed by atoms with van der Waals surface area (Å²) < 4.78 is 18.2. The Kier molecular flexibility index (Phi) is 5.16. The number of benzene rings is 1. The van der Waals surface area contributed by atoms with E-state index in [0.717, 1.165) is 33.9 Å². The molecule has 4 rings (SSSR count). The molecule has 28 heavy (non-hydrogen) atoms. The van der Waals surface area contributed by atoms with Crippen molar-refractivity contribution in [1.29, 1.82) is 0 Å². The van der Waals surface area contributed by atoms with Gasteiger partial charge in [-0.1, -0.05) is 11.6 Å². The van der Waals surface area contributed by atoms with E-state index in [0.29, 0.717) is 26.3 Å². The molecule has 0 radical (unpaired) electrons. The van der Waals surface area contributed by atoms with Gasteiger partial charge in [0.25, 0.3) is 0 Å². The van der Waals surface area contributed by atoms with E-state index in [1.165, 1.54) is 0 Å². The summed E-state index contributed by atoms with van der Waals surface area (Å²) in [5, 5.41) is 4.46. The normalized spacial score (nSPS) is 12.2. The van der Waals surface area contributed by atoms with Gasteiger partial charge < -0.3 is 18.8 Å². The van der Waals surface area contributed by atoms with Gasteiger partial charge in [0.05, 0.1) is 31.3 Å². The van der Waals surface area contributed by atoms with E-state index in [2.05, 4.69) is 11.2 Å². The fourth-order valence-corrected chi connectivity index (χ4v) is 3.38. The van der Waals surface area contributed by atoms with Gasteiger partial charge in [-0.15, -0.1) is 0 Å². The fourth-order valence-electron chi connectivity index (χ4n) is 3.38. The third-order valence-electron chi connectivity index (χ3n) is 4.82. The Labute approximate surface area is 163 Å². The molecule has 0 atom stereocenters. The Morgan fingerprint density at radius 3 is 3.04 bits per heavy atom. The third-order valence-corrected chi connectivity index (χ3v) is 4.82. The lowest BCUT2D eigenvalue weighted by Gasteiger charge is -2.23. The van der Waals surface area contributed by atoms with Crippen molar-refractivity contribution in [2.75, 3.05) is 20.3 Å². The Morgan fingerprint density at radius 1 is 1.36 bits per heavy atom. The molecule has 0 bridgehead atoms. The molecule has 1 aromatic carbocycles. The molecule has 3 aromatic rings. The van der Waals surface area contributed by atoms with E-state index in [9.17, 15) is 4.79 Å². The molecule has 1 amide bonds. The van der Waals surface area contributed by atoms with Gasteiger partial charge in [-0.25, -0.2) is 0 Å². The van der Waals surface area contributed by atoms with Crippen LogP contribution in [0.4, 0.5) is 0 Å². The number of ether oxygens (including phenoxy) is 2. The first kappa shape index (κ1) is 18.3. The average molecular weight is 381 g/mol. The first-order valence-electron chi connectivity index (χ1n) is 9.23. The number of aryl methyl sites for hydroxylation is 1. The number of methoxy groups -OCH3 is 1. The molecule has 146 valence electrons. The van der Waals surface area contributed by atoms with Crippen LogP contribution in [0.5, 0.6) is 5.75 Å². The largest absolute Gasteiger partial charge is 0.488 e. The Balaban J connectivity index is 1.58. The molecule has 1 aliphatic heterocycles. The van der Waals surface area contributed by atoms with Crippen molar-refractivity contribution in [2.45, 2.75) is 26.6 Å². The first-order chi connectivity index (χ1) is 13.7. The number of fused-ring (bicyclic) bond motifs is 3. The summed E-state index contributed by atoms with van der Waals surface area (Å²) in [6.45, 7) is 3.98. The van der Waals surface area contributed by atoms with E-state index in [4.69, 9.17) is 13.9 Å². The molecule has 7 nitrogen and oxygen atoms in total. The molecule has 0 N–H and O–H groups in total. The predicted molar refractivity (Wildman–Crippen MR) is 103 cm³/mol. The molecule has 0 unspecified atom stereocenters. The van der Waals surface area contributed by atoms with E-state index in [1.54, 1.807) is 29.2 Å². The SMILES string of the molecule is COCCN(Cc1ccco1)C(=O)Cn1ncc2c1-c1cc(C)ccc1OC2. The quantitative estimate of drug-likeness (QED) is 0.629. The van der Waals surface area contributed by atoms with Crippen molar-refractivity contribution >= 4 is 5.91 Å². The van der Waals surface area contributed by atoms with Gasteiger partial charge in [0.2, 0.25) is 5.91 Å². The van der Waals surface area contributed by atoms with Crippen LogP contribution in [0.3, 0.4) is 0 Å². The Hall–Kier alpha value is -3.06. The van der Waals surface area contributed by atoms with Crippen LogP contribution in [-0.4, -0.2) is 40.8 Å². The second-order valence-corrected chi connectivity index (χ2v) is 6.85. The minimum atomic E-state index is -0.0416. The summed E-state index contributed by atoms with van der Waals surface area (Å²) in [4.78, 5) is 14.8. The number of nitrogens with zero attached hydrogens (tertiary/aromatic N) is 3. The van der Waals surface area contributed by atoms with Crippen molar-refractivity contribution in [3.05, 3.63) is 59.7 Å². The van der Waals surface area contributed by atoms with Crippen molar-refractivity contribution in [3.63, 3.8) is 0 Å². The molecule has 7 heteroatoms. The van der Waals surface area contributed by atoms with Gasteiger partial charge in [-0.2, -0.15) is 5.10 Å². The summed E-state index contributed by atoms with van der Waals surface area (Å²) >= 11 is 0. The molecule has 2 aromatic heterocycles. The van der Waals surface area contributed by atoms with Gasteiger partial charge in [0.1, 0.15) is 24.7 Å². The number of carbonyl (C=O) groups excluding carboxylic acids is 1. The molecule has 0 aliphatic carbocycles. The monoisotopic (exact) mass is 381 g/mol. The van der Waals surface area contributed by atoms with E-state index in [-0.39, 0.29) is 12.5 Å². The first-order valence-corrected chi connectivity index (χ1v) is 9.23. The molecule has 1 aliphatic rings. The maximum absolute atomic E-state index is 13.0. The van der Waals surface area contributed by atoms with Crippen molar-refractivity contribution in [2.24, 2.45) is 0 Å². The molecule has 0 fully saturated rings. The predicted octanol–water partition coefficient (Wildman–Crippen LogP) is 3.02. The van der Waals surface area contributed by atoms with Crippen LogP contribution in [0, 0.1) is 6.92 Å². The van der Waals surface area contributed by atoms with E-state index >= 15 is 0 Å². The van der Waals surface area contributed by atoms with Gasteiger partial charge in [-0.3, -0.25) is 9.48 Å². The number of furan rings is 1. The summed E-state index contributed by atoms with van der Waals surface area (Å²) in [5.41, 5.74) is 4.04. The van der Waals surface area contributed by atoms with Crippen LogP contribution in [0.2, 0.25) is 0 Å². The van der Waals surface area contributed by atoms with E-state index in [1.807, 2.05) is 31.2 Å². The average Bonchev–Trinajstić information content (AvgIpc) is 3.35. The van der Waals surface area contributed by atoms with Crippen LogP contribution in [0.15, 0.2) is 47.2 Å². The zero-order valence-corrected chi connectivity index (χ0v) is 16.1. The lowest BCUT2D eigenvalue weighted by molar-refractivity contribution is -0.133. The minimum Gasteiger partial charge on any atom is -0.488 e. The second kappa shape index (κ2) is 7.90. The van der Waals surface area contributed by atoms with Gasteiger partial charge >= 0.3 is 0 Å². The lowest BCUT2D eigenvalue weighted by Crippen LogP contribution is -2.36. The molecular formula is C21H23N3O4. The van der Waals surface area contributed by atoms with Crippen LogP contribution in [-0.2, 0) is 29.2 Å². The van der Waals surface area contributed by atoms with Gasteiger partial charge in [0.15, 0.2) is 0 Å². The van der Waals surface area contributed by atoms with Crippen molar-refractivity contribution in [1.82, 2.24) is 14.7 Å². The number of aromatic nitrogens is 2. The van der Waals surface area contributed by atoms with Crippen molar-refractivity contribution in [3.8, 4) is 17.0 Å². The van der Waals surface area contributed by atoms with Crippen molar-refractivity contribution < 1.29 is 18.7 Å². The number of hydrogen-bond donors (Lipinski definition) is 0. The highest BCUT2D eigenvalue weighted by Crippen LogP contribution is 2.37. The van der Waals surface area contributed by atoms with Gasteiger partial charge in [-0.05, 0) is 31.2 Å². The Bertz CT molecular complexity index is 962. The number of amides is 1. The maximum Gasteiger partial charge on any atom is 0.244 e. The van der Waals surface area contributed by atoms with Crippen LogP contribution in [0.25, 0.3) is 11.3 Å². The number of carbonyl (C=O) groups is 1. The fraction of sp³-hybridized carbons (Fsp3) is 0.333. The standard InChI is InChI=1S/C21H23N3O4/c1-15-5-6-19-18(10-15)21-16(14-28-19)11-22-24(21)13-20(25)23(7-9-26-2)12-17-4-3-8-27-17/h3-6,8,10-11H,7,9,12-14H2,1-2H3. The third kappa shape index (κ3) is 3.66. The highest BCUT2D eigenvalue weighted by atomic mass is 16.5. The van der Waals surface area contributed by atoms with Crippen LogP contribution in [0.1, 0.15) is 16.9 Å². The summed E-state index contributed by atoms with van der Waals surface area (Å²) in [6.07, 6.45) is 3.39. The summed E-state index contributed by atoms with van der Waals surface area (Å²) in [6, 6.07) is 9.73. The zero-order valence-electron chi connectivity index (χ0n) is 16.1. The minimum absolute atomic E-state index is 0.0416. The molecule has 0 spiro atoms. The lowest BCUT2D eigenvalue weighted by atomic mass is 10.0. The number of hydrogen-bond acceptors (Lipinski definition) is 5. The van der Waals surface area contributed by atoms with Gasteiger partial charge in [0, 0.05) is 24.8 Å². The molecule has 3 heterocycles.